The number of aliphatic hydroxyl groups excluding tert-OH is 1. The average molecular weight is 344 g/mol. The Labute approximate surface area is 149 Å². The Kier molecular flexibility index (Phi) is 7.19. The summed E-state index contributed by atoms with van der Waals surface area (Å²) in [5.74, 6) is -0.336. The zero-order chi connectivity index (χ0) is 18.1. The maximum Gasteiger partial charge on any atom is 0.247 e. The Hall–Kier alpha value is -2.14. The van der Waals surface area contributed by atoms with E-state index in [1.165, 1.54) is 12.5 Å². The van der Waals surface area contributed by atoms with E-state index in [1.807, 2.05) is 12.1 Å². The number of anilines is 1. The fourth-order valence-electron chi connectivity index (χ4n) is 3.33. The Morgan fingerprint density at radius 1 is 1.08 bits per heavy atom. The minimum atomic E-state index is -0.477. The number of carbonyl (C=O) groups is 2. The summed E-state index contributed by atoms with van der Waals surface area (Å²) in [5.41, 5.74) is 1.06. The standard InChI is InChI=1S/C20H28N2O3/c1-2-18(24)21-17-10-8-16(9-11-17)14-19(25)22-20(15-23)12-6-4-3-5-7-13-20/h2,8-11,23H,1,3-7,12-15H2,(H,21,24)(H,22,25). The van der Waals surface area contributed by atoms with Gasteiger partial charge in [-0.25, -0.2) is 0 Å². The normalized spacial score (nSPS) is 17.0. The molecule has 0 aromatic heterocycles. The van der Waals surface area contributed by atoms with Crippen molar-refractivity contribution in [3.63, 3.8) is 0 Å². The van der Waals surface area contributed by atoms with Crippen molar-refractivity contribution >= 4 is 17.5 Å². The fourth-order valence-corrected chi connectivity index (χ4v) is 3.33. The Morgan fingerprint density at radius 2 is 1.68 bits per heavy atom. The molecule has 0 atom stereocenters. The molecule has 1 saturated carbocycles. The molecule has 1 aromatic rings. The molecule has 1 aliphatic rings. The van der Waals surface area contributed by atoms with Crippen LogP contribution < -0.4 is 10.6 Å². The van der Waals surface area contributed by atoms with E-state index in [1.54, 1.807) is 12.1 Å². The summed E-state index contributed by atoms with van der Waals surface area (Å²) in [6, 6.07) is 7.17. The lowest BCUT2D eigenvalue weighted by atomic mass is 9.84. The third-order valence-electron chi connectivity index (χ3n) is 4.79. The highest BCUT2D eigenvalue weighted by molar-refractivity contribution is 5.98. The van der Waals surface area contributed by atoms with E-state index in [2.05, 4.69) is 17.2 Å². The monoisotopic (exact) mass is 344 g/mol. The number of nitrogens with one attached hydrogen (secondary N) is 2. The molecule has 2 amide bonds. The summed E-state index contributed by atoms with van der Waals surface area (Å²) in [6.07, 6.45) is 8.79. The molecule has 25 heavy (non-hydrogen) atoms. The van der Waals surface area contributed by atoms with Crippen molar-refractivity contribution in [3.8, 4) is 0 Å². The first kappa shape index (κ1) is 19.2. The second-order valence-corrected chi connectivity index (χ2v) is 6.82. The first-order valence-corrected chi connectivity index (χ1v) is 9.01. The van der Waals surface area contributed by atoms with Gasteiger partial charge in [0, 0.05) is 5.69 Å². The minimum Gasteiger partial charge on any atom is -0.394 e. The zero-order valence-electron chi connectivity index (χ0n) is 14.7. The van der Waals surface area contributed by atoms with Crippen LogP contribution in [0.15, 0.2) is 36.9 Å². The van der Waals surface area contributed by atoms with E-state index in [9.17, 15) is 14.7 Å². The molecule has 5 heteroatoms. The van der Waals surface area contributed by atoms with E-state index in [0.717, 1.165) is 44.1 Å². The van der Waals surface area contributed by atoms with Crippen LogP contribution in [0.1, 0.15) is 50.5 Å². The van der Waals surface area contributed by atoms with Gasteiger partial charge in [-0.15, -0.1) is 0 Å². The Morgan fingerprint density at radius 3 is 2.24 bits per heavy atom. The van der Waals surface area contributed by atoms with Crippen LogP contribution in [0.25, 0.3) is 0 Å². The molecule has 1 aliphatic carbocycles. The van der Waals surface area contributed by atoms with Crippen molar-refractivity contribution in [1.82, 2.24) is 5.32 Å². The van der Waals surface area contributed by atoms with Gasteiger partial charge in [0.2, 0.25) is 11.8 Å². The van der Waals surface area contributed by atoms with Crippen LogP contribution in [-0.4, -0.2) is 29.1 Å². The van der Waals surface area contributed by atoms with Gasteiger partial charge in [-0.1, -0.05) is 50.8 Å². The second kappa shape index (κ2) is 9.37. The molecule has 1 fully saturated rings. The molecule has 0 bridgehead atoms. The SMILES string of the molecule is C=CC(=O)Nc1ccc(CC(=O)NC2(CO)CCCCCCC2)cc1. The van der Waals surface area contributed by atoms with Crippen molar-refractivity contribution in [2.75, 3.05) is 11.9 Å². The van der Waals surface area contributed by atoms with Gasteiger partial charge in [0.25, 0.3) is 0 Å². The van der Waals surface area contributed by atoms with E-state index in [-0.39, 0.29) is 24.8 Å². The number of hydrogen-bond acceptors (Lipinski definition) is 3. The number of rotatable bonds is 6. The van der Waals surface area contributed by atoms with Gasteiger partial charge in [0.05, 0.1) is 18.6 Å². The molecule has 5 nitrogen and oxygen atoms in total. The molecule has 2 rings (SSSR count). The number of benzene rings is 1. The van der Waals surface area contributed by atoms with Gasteiger partial charge in [0.15, 0.2) is 0 Å². The summed E-state index contributed by atoms with van der Waals surface area (Å²) in [7, 11) is 0. The Bertz CT molecular complexity index is 587. The summed E-state index contributed by atoms with van der Waals surface area (Å²) in [4.78, 5) is 23.7. The quantitative estimate of drug-likeness (QED) is 0.694. The summed E-state index contributed by atoms with van der Waals surface area (Å²) in [6.45, 7) is 3.40. The van der Waals surface area contributed by atoms with Gasteiger partial charge < -0.3 is 15.7 Å². The van der Waals surface area contributed by atoms with Crippen LogP contribution in [-0.2, 0) is 16.0 Å². The molecular weight excluding hydrogens is 316 g/mol. The topological polar surface area (TPSA) is 78.4 Å². The molecule has 3 N–H and O–H groups in total. The van der Waals surface area contributed by atoms with E-state index >= 15 is 0 Å². The van der Waals surface area contributed by atoms with Gasteiger partial charge in [-0.2, -0.15) is 0 Å². The van der Waals surface area contributed by atoms with Gasteiger partial charge >= 0.3 is 0 Å². The van der Waals surface area contributed by atoms with Crippen molar-refractivity contribution in [2.45, 2.75) is 56.9 Å². The Balaban J connectivity index is 1.93. The molecule has 0 aliphatic heterocycles. The lowest BCUT2D eigenvalue weighted by Gasteiger charge is -2.34. The average Bonchev–Trinajstić information content (AvgIpc) is 2.59. The first-order valence-electron chi connectivity index (χ1n) is 9.01. The van der Waals surface area contributed by atoms with Crippen LogP contribution in [0, 0.1) is 0 Å². The van der Waals surface area contributed by atoms with Gasteiger partial charge in [-0.3, -0.25) is 9.59 Å². The zero-order valence-corrected chi connectivity index (χ0v) is 14.7. The van der Waals surface area contributed by atoms with Crippen molar-refractivity contribution in [2.24, 2.45) is 0 Å². The molecule has 0 spiro atoms. The largest absolute Gasteiger partial charge is 0.394 e. The second-order valence-electron chi connectivity index (χ2n) is 6.82. The third kappa shape index (κ3) is 6.02. The van der Waals surface area contributed by atoms with Gasteiger partial charge in [0.1, 0.15) is 0 Å². The predicted molar refractivity (Wildman–Crippen MR) is 99.3 cm³/mol. The summed E-state index contributed by atoms with van der Waals surface area (Å²) < 4.78 is 0. The van der Waals surface area contributed by atoms with Crippen LogP contribution >= 0.6 is 0 Å². The molecule has 0 radical (unpaired) electrons. The molecule has 136 valence electrons. The highest BCUT2D eigenvalue weighted by Gasteiger charge is 2.31. The maximum absolute atomic E-state index is 12.4. The number of hydrogen-bond donors (Lipinski definition) is 3. The highest BCUT2D eigenvalue weighted by Crippen LogP contribution is 2.26. The van der Waals surface area contributed by atoms with Gasteiger partial charge in [-0.05, 0) is 36.6 Å². The molecule has 1 aromatic carbocycles. The van der Waals surface area contributed by atoms with Crippen LogP contribution in [0.3, 0.4) is 0 Å². The summed E-state index contributed by atoms with van der Waals surface area (Å²) in [5, 5.41) is 15.6. The van der Waals surface area contributed by atoms with Crippen LogP contribution in [0.4, 0.5) is 5.69 Å². The van der Waals surface area contributed by atoms with Crippen LogP contribution in [0.2, 0.25) is 0 Å². The fraction of sp³-hybridized carbons (Fsp3) is 0.500. The lowest BCUT2D eigenvalue weighted by molar-refractivity contribution is -0.123. The highest BCUT2D eigenvalue weighted by atomic mass is 16.3. The van der Waals surface area contributed by atoms with Crippen molar-refractivity contribution in [1.29, 1.82) is 0 Å². The molecule has 0 heterocycles. The number of amides is 2. The lowest BCUT2D eigenvalue weighted by Crippen LogP contribution is -2.52. The van der Waals surface area contributed by atoms with Crippen molar-refractivity contribution in [3.05, 3.63) is 42.5 Å². The minimum absolute atomic E-state index is 0.00867. The molecule has 0 saturated heterocycles. The van der Waals surface area contributed by atoms with E-state index in [4.69, 9.17) is 0 Å². The molecule has 0 unspecified atom stereocenters. The first-order chi connectivity index (χ1) is 12.1. The van der Waals surface area contributed by atoms with Crippen molar-refractivity contribution < 1.29 is 14.7 Å². The summed E-state index contributed by atoms with van der Waals surface area (Å²) >= 11 is 0. The predicted octanol–water partition coefficient (Wildman–Crippen LogP) is 2.95. The van der Waals surface area contributed by atoms with E-state index < -0.39 is 5.54 Å². The number of carbonyl (C=O) groups excluding carboxylic acids is 2. The smallest absolute Gasteiger partial charge is 0.247 e. The third-order valence-corrected chi connectivity index (χ3v) is 4.79. The van der Waals surface area contributed by atoms with E-state index in [0.29, 0.717) is 5.69 Å². The van der Waals surface area contributed by atoms with Crippen LogP contribution in [0.5, 0.6) is 0 Å². The maximum atomic E-state index is 12.4. The number of aliphatic hydroxyl groups is 1. The molecular formula is C20H28N2O3.